The first-order valence-electron chi connectivity index (χ1n) is 3.17. The van der Waals surface area contributed by atoms with Gasteiger partial charge in [0.05, 0.1) is 0 Å². The van der Waals surface area contributed by atoms with E-state index >= 15 is 0 Å². The Hall–Kier alpha value is -0.585. The van der Waals surface area contributed by atoms with Gasteiger partial charge in [-0.1, -0.05) is 13.8 Å². The van der Waals surface area contributed by atoms with E-state index in [1.165, 1.54) is 0 Å². The molecule has 0 fully saturated rings. The molecule has 5 N–H and O–H groups in total. The van der Waals surface area contributed by atoms with E-state index in [1.54, 1.807) is 13.8 Å². The fourth-order valence-electron chi connectivity index (χ4n) is 0.285. The standard InChI is InChI=1S/C5H11NO2.BH3O2/c1-3(2)4(6)5(7)8;2-1-3/h3-4H,6H2,1-2H3,(H,7,8);1-3H. The van der Waals surface area contributed by atoms with Gasteiger partial charge >= 0.3 is 13.7 Å². The second-order valence-corrected chi connectivity index (χ2v) is 2.25. The van der Waals surface area contributed by atoms with E-state index < -0.39 is 19.7 Å². The summed E-state index contributed by atoms with van der Waals surface area (Å²) in [4.78, 5) is 10.0. The quantitative estimate of drug-likeness (QED) is 0.363. The molecule has 0 saturated heterocycles. The van der Waals surface area contributed by atoms with E-state index in [1.807, 2.05) is 0 Å². The van der Waals surface area contributed by atoms with Crippen LogP contribution in [0.15, 0.2) is 0 Å². The monoisotopic (exact) mass is 163 g/mol. The Bertz CT molecular complexity index is 109. The third-order valence-corrected chi connectivity index (χ3v) is 1.00. The van der Waals surface area contributed by atoms with E-state index in [4.69, 9.17) is 20.9 Å². The summed E-state index contributed by atoms with van der Waals surface area (Å²) in [5.41, 5.74) is 5.16. The minimum atomic E-state index is -0.931. The zero-order valence-corrected chi connectivity index (χ0v) is 6.69. The second kappa shape index (κ2) is 7.52. The molecule has 5 nitrogen and oxygen atoms in total. The summed E-state index contributed by atoms with van der Waals surface area (Å²) >= 11 is 0. The summed E-state index contributed by atoms with van der Waals surface area (Å²) in [5.74, 6) is -0.910. The summed E-state index contributed by atoms with van der Waals surface area (Å²) < 4.78 is 0. The highest BCUT2D eigenvalue weighted by atomic mass is 16.4. The molecular weight excluding hydrogens is 149 g/mol. The minimum absolute atomic E-state index is 0.0208. The van der Waals surface area contributed by atoms with Crippen molar-refractivity contribution in [2.45, 2.75) is 19.9 Å². The van der Waals surface area contributed by atoms with Crippen LogP contribution in [-0.4, -0.2) is 34.9 Å². The topological polar surface area (TPSA) is 104 Å². The number of carboxylic acid groups (broad SMARTS) is 1. The molecule has 0 bridgehead atoms. The lowest BCUT2D eigenvalue weighted by Gasteiger charge is -2.07. The molecule has 66 valence electrons. The van der Waals surface area contributed by atoms with E-state index in [0.717, 1.165) is 0 Å². The second-order valence-electron chi connectivity index (χ2n) is 2.25. The smallest absolute Gasteiger partial charge is 0.432 e. The van der Waals surface area contributed by atoms with Crippen LogP contribution in [0.4, 0.5) is 0 Å². The molecule has 0 aromatic rings. The molecule has 0 aliphatic heterocycles. The molecule has 0 heterocycles. The number of rotatable bonds is 2. The summed E-state index contributed by atoms with van der Waals surface area (Å²) in [5, 5.41) is 22.5. The summed E-state index contributed by atoms with van der Waals surface area (Å²) in [6.45, 7) is 3.55. The first-order valence-corrected chi connectivity index (χ1v) is 3.17. The lowest BCUT2D eigenvalue weighted by molar-refractivity contribution is -0.139. The normalized spacial score (nSPS) is 11.5. The van der Waals surface area contributed by atoms with Crippen LogP contribution in [0, 0.1) is 5.92 Å². The van der Waals surface area contributed by atoms with Gasteiger partial charge in [0, 0.05) is 0 Å². The van der Waals surface area contributed by atoms with Gasteiger partial charge in [-0.3, -0.25) is 4.79 Å². The first kappa shape index (κ1) is 13.0. The van der Waals surface area contributed by atoms with Crippen molar-refractivity contribution in [1.29, 1.82) is 0 Å². The number of hydrogen-bond acceptors (Lipinski definition) is 4. The molecule has 0 aromatic heterocycles. The van der Waals surface area contributed by atoms with Gasteiger partial charge in [0.1, 0.15) is 6.04 Å². The van der Waals surface area contributed by atoms with Crippen LogP contribution in [0.3, 0.4) is 0 Å². The van der Waals surface area contributed by atoms with Gasteiger partial charge in [-0.05, 0) is 5.92 Å². The number of hydrogen-bond donors (Lipinski definition) is 4. The number of carbonyl (C=O) groups is 1. The van der Waals surface area contributed by atoms with Gasteiger partial charge in [0.2, 0.25) is 0 Å². The number of carboxylic acids is 1. The van der Waals surface area contributed by atoms with Crippen LogP contribution in [0.2, 0.25) is 0 Å². The highest BCUT2D eigenvalue weighted by Gasteiger charge is 2.14. The zero-order chi connectivity index (χ0) is 9.44. The maximum Gasteiger partial charge on any atom is 0.432 e. The Kier molecular flexibility index (Phi) is 8.91. The molecule has 0 aliphatic rings. The predicted molar refractivity (Wildman–Crippen MR) is 42.0 cm³/mol. The highest BCUT2D eigenvalue weighted by molar-refractivity contribution is 6.13. The highest BCUT2D eigenvalue weighted by Crippen LogP contribution is 1.96. The molecule has 0 rings (SSSR count). The molecule has 1 atom stereocenters. The summed E-state index contributed by atoms with van der Waals surface area (Å²) in [6.07, 6.45) is 0. The maximum absolute atomic E-state index is 10.0. The average molecular weight is 163 g/mol. The van der Waals surface area contributed by atoms with Crippen LogP contribution in [0.5, 0.6) is 0 Å². The Morgan fingerprint density at radius 3 is 1.73 bits per heavy atom. The molecule has 0 amide bonds. The van der Waals surface area contributed by atoms with Crippen LogP contribution >= 0.6 is 0 Å². The Balaban J connectivity index is 0. The minimum Gasteiger partial charge on any atom is -0.480 e. The van der Waals surface area contributed by atoms with Gasteiger partial charge in [-0.15, -0.1) is 0 Å². The Labute approximate surface area is 66.1 Å². The predicted octanol–water partition coefficient (Wildman–Crippen LogP) is -1.71. The largest absolute Gasteiger partial charge is 0.480 e. The van der Waals surface area contributed by atoms with Crippen LogP contribution in [-0.2, 0) is 4.79 Å². The fourth-order valence-corrected chi connectivity index (χ4v) is 0.285. The molecule has 0 radical (unpaired) electrons. The number of nitrogens with two attached hydrogens (primary N) is 1. The molecular formula is C5H14BNO4. The Morgan fingerprint density at radius 2 is 1.73 bits per heavy atom. The van der Waals surface area contributed by atoms with Crippen LogP contribution in [0.1, 0.15) is 13.8 Å². The van der Waals surface area contributed by atoms with E-state index in [9.17, 15) is 4.79 Å². The molecule has 0 aromatic carbocycles. The molecule has 11 heavy (non-hydrogen) atoms. The molecule has 0 aliphatic carbocycles. The van der Waals surface area contributed by atoms with Gasteiger partial charge in [-0.2, -0.15) is 0 Å². The van der Waals surface area contributed by atoms with E-state index in [0.29, 0.717) is 0 Å². The van der Waals surface area contributed by atoms with Crippen molar-refractivity contribution < 1.29 is 19.9 Å². The summed E-state index contributed by atoms with van der Waals surface area (Å²) in [6, 6.07) is -0.713. The molecule has 0 saturated carbocycles. The molecule has 6 heteroatoms. The summed E-state index contributed by atoms with van der Waals surface area (Å²) in [7, 11) is -0.750. The van der Waals surface area contributed by atoms with Gasteiger partial charge in [0.15, 0.2) is 0 Å². The van der Waals surface area contributed by atoms with Gasteiger partial charge < -0.3 is 20.9 Å². The molecule has 1 unspecified atom stereocenters. The first-order chi connectivity index (χ1) is 4.97. The average Bonchev–Trinajstić information content (AvgIpc) is 1.87. The van der Waals surface area contributed by atoms with Crippen LogP contribution in [0.25, 0.3) is 0 Å². The molecule has 0 spiro atoms. The lowest BCUT2D eigenvalue weighted by atomic mass is 10.1. The van der Waals surface area contributed by atoms with E-state index in [2.05, 4.69) is 0 Å². The van der Waals surface area contributed by atoms with Crippen molar-refractivity contribution >= 4 is 13.7 Å². The SMILES string of the molecule is CC(C)C(N)C(=O)O.OBO. The maximum atomic E-state index is 10.0. The van der Waals surface area contributed by atoms with E-state index in [-0.39, 0.29) is 5.92 Å². The van der Waals surface area contributed by atoms with Crippen LogP contribution < -0.4 is 5.73 Å². The van der Waals surface area contributed by atoms with Crippen molar-refractivity contribution in [1.82, 2.24) is 0 Å². The van der Waals surface area contributed by atoms with Gasteiger partial charge in [0.25, 0.3) is 0 Å². The van der Waals surface area contributed by atoms with Crippen molar-refractivity contribution in [3.63, 3.8) is 0 Å². The van der Waals surface area contributed by atoms with Gasteiger partial charge in [-0.25, -0.2) is 0 Å². The lowest BCUT2D eigenvalue weighted by Crippen LogP contribution is -2.34. The third-order valence-electron chi connectivity index (χ3n) is 1.00. The van der Waals surface area contributed by atoms with Crippen molar-refractivity contribution in [3.05, 3.63) is 0 Å². The zero-order valence-electron chi connectivity index (χ0n) is 6.69. The third kappa shape index (κ3) is 9.41. The van der Waals surface area contributed by atoms with Crippen molar-refractivity contribution in [2.24, 2.45) is 11.7 Å². The number of aliphatic carboxylic acids is 1. The fraction of sp³-hybridized carbons (Fsp3) is 0.800. The van der Waals surface area contributed by atoms with Crippen molar-refractivity contribution in [2.75, 3.05) is 0 Å². The van der Waals surface area contributed by atoms with Crippen molar-refractivity contribution in [3.8, 4) is 0 Å². The Morgan fingerprint density at radius 1 is 1.45 bits per heavy atom.